The molecule has 26 heavy (non-hydrogen) atoms. The summed E-state index contributed by atoms with van der Waals surface area (Å²) in [6.45, 7) is 6.34. The Morgan fingerprint density at radius 1 is 1.27 bits per heavy atom. The molecular weight excluding hydrogens is 352 g/mol. The van der Waals surface area contributed by atoms with Crippen LogP contribution in [0.4, 0.5) is 0 Å². The number of carboxylic acid groups (broad SMARTS) is 1. The molecule has 0 aliphatic carbocycles. The first kappa shape index (κ1) is 20.4. The first-order chi connectivity index (χ1) is 12.3. The number of aliphatic carboxylic acids is 1. The molecule has 142 valence electrons. The summed E-state index contributed by atoms with van der Waals surface area (Å²) in [5.41, 5.74) is 1.83. The van der Waals surface area contributed by atoms with E-state index in [2.05, 4.69) is 31.1 Å². The highest BCUT2D eigenvalue weighted by Crippen LogP contribution is 2.22. The molecular formula is C19H26N2O4S. The van der Waals surface area contributed by atoms with Gasteiger partial charge in [0, 0.05) is 23.9 Å². The Labute approximate surface area is 157 Å². The maximum Gasteiger partial charge on any atom is 0.341 e. The van der Waals surface area contributed by atoms with Gasteiger partial charge in [-0.15, -0.1) is 11.3 Å². The number of carbonyl (C=O) groups is 1. The smallest absolute Gasteiger partial charge is 0.341 e. The van der Waals surface area contributed by atoms with Crippen LogP contribution in [0, 0.1) is 0 Å². The van der Waals surface area contributed by atoms with Gasteiger partial charge in [0.25, 0.3) is 0 Å². The molecule has 0 radical (unpaired) electrons. The van der Waals surface area contributed by atoms with Crippen molar-refractivity contribution in [1.82, 2.24) is 10.3 Å². The second-order valence-corrected chi connectivity index (χ2v) is 7.51. The lowest BCUT2D eigenvalue weighted by atomic mass is 10.1. The monoisotopic (exact) mass is 378 g/mol. The quantitative estimate of drug-likeness (QED) is 0.589. The van der Waals surface area contributed by atoms with E-state index in [1.807, 2.05) is 17.5 Å². The van der Waals surface area contributed by atoms with Crippen molar-refractivity contribution in [2.75, 3.05) is 13.2 Å². The van der Waals surface area contributed by atoms with Crippen LogP contribution in [-0.2, 0) is 11.2 Å². The van der Waals surface area contributed by atoms with Gasteiger partial charge in [-0.2, -0.15) is 0 Å². The van der Waals surface area contributed by atoms with Gasteiger partial charge in [0.05, 0.1) is 10.7 Å². The Kier molecular flexibility index (Phi) is 7.56. The molecule has 6 nitrogen and oxygen atoms in total. The molecule has 0 saturated carbocycles. The second kappa shape index (κ2) is 9.66. The summed E-state index contributed by atoms with van der Waals surface area (Å²) in [7, 11) is 0. The molecule has 1 aromatic heterocycles. The molecule has 1 aromatic carbocycles. The third kappa shape index (κ3) is 6.40. The number of aromatic nitrogens is 1. The van der Waals surface area contributed by atoms with Crippen LogP contribution in [0.5, 0.6) is 5.75 Å². The predicted molar refractivity (Wildman–Crippen MR) is 102 cm³/mol. The maximum absolute atomic E-state index is 10.5. The van der Waals surface area contributed by atoms with Gasteiger partial charge in [0.15, 0.2) is 6.61 Å². The predicted octanol–water partition coefficient (Wildman–Crippen LogP) is 2.98. The molecule has 2 aromatic rings. The van der Waals surface area contributed by atoms with Crippen LogP contribution in [0.25, 0.3) is 0 Å². The lowest BCUT2D eigenvalue weighted by molar-refractivity contribution is -0.139. The summed E-state index contributed by atoms with van der Waals surface area (Å²) in [5, 5.41) is 25.2. The minimum atomic E-state index is -0.994. The Hall–Kier alpha value is -1.96. The van der Waals surface area contributed by atoms with Crippen molar-refractivity contribution >= 4 is 17.3 Å². The number of hydrogen-bond donors (Lipinski definition) is 3. The average Bonchev–Trinajstić information content (AvgIpc) is 3.09. The summed E-state index contributed by atoms with van der Waals surface area (Å²) in [4.78, 5) is 15.0. The molecule has 3 N–H and O–H groups in total. The fourth-order valence-electron chi connectivity index (χ4n) is 2.43. The highest BCUT2D eigenvalue weighted by atomic mass is 32.1. The molecule has 0 spiro atoms. The summed E-state index contributed by atoms with van der Waals surface area (Å²) in [6.07, 6.45) is 0.174. The maximum atomic E-state index is 10.5. The van der Waals surface area contributed by atoms with Gasteiger partial charge in [-0.1, -0.05) is 26.0 Å². The molecule has 7 heteroatoms. The number of nitrogens with one attached hydrogen (secondary N) is 1. The van der Waals surface area contributed by atoms with Gasteiger partial charge in [-0.05, 0) is 31.0 Å². The first-order valence-corrected chi connectivity index (χ1v) is 9.53. The van der Waals surface area contributed by atoms with Crippen molar-refractivity contribution in [2.45, 2.75) is 45.3 Å². The molecule has 0 amide bonds. The number of nitrogens with zero attached hydrogens (tertiary/aromatic N) is 1. The fraction of sp³-hybridized carbons (Fsp3) is 0.474. The Bertz CT molecular complexity index is 700. The number of aliphatic hydroxyl groups excluding tert-OH is 1. The number of benzene rings is 1. The van der Waals surface area contributed by atoms with E-state index in [9.17, 15) is 9.90 Å². The second-order valence-electron chi connectivity index (χ2n) is 6.62. The zero-order chi connectivity index (χ0) is 19.1. The van der Waals surface area contributed by atoms with Crippen LogP contribution >= 0.6 is 11.3 Å². The van der Waals surface area contributed by atoms with E-state index in [1.165, 1.54) is 0 Å². The summed E-state index contributed by atoms with van der Waals surface area (Å²) in [5.74, 6) is -0.0851. The molecule has 0 saturated heterocycles. The van der Waals surface area contributed by atoms with Crippen molar-refractivity contribution in [1.29, 1.82) is 0 Å². The van der Waals surface area contributed by atoms with E-state index < -0.39 is 12.1 Å². The summed E-state index contributed by atoms with van der Waals surface area (Å²) in [6, 6.07) is 7.55. The average molecular weight is 378 g/mol. The van der Waals surface area contributed by atoms with E-state index in [4.69, 9.17) is 9.84 Å². The molecule has 0 aliphatic heterocycles. The number of rotatable bonds is 10. The normalized spacial score (nSPS) is 13.6. The molecule has 0 bridgehead atoms. The van der Waals surface area contributed by atoms with E-state index in [0.717, 1.165) is 22.7 Å². The minimum absolute atomic E-state index is 0.179. The van der Waals surface area contributed by atoms with E-state index >= 15 is 0 Å². The third-order valence-corrected chi connectivity index (χ3v) is 5.03. The Balaban J connectivity index is 1.78. The van der Waals surface area contributed by atoms with Crippen molar-refractivity contribution in [2.24, 2.45) is 0 Å². The first-order valence-electron chi connectivity index (χ1n) is 8.65. The minimum Gasteiger partial charge on any atom is -0.482 e. The number of hydrogen-bond acceptors (Lipinski definition) is 6. The number of carboxylic acids is 1. The molecule has 0 fully saturated rings. The fourth-order valence-corrected chi connectivity index (χ4v) is 3.31. The zero-order valence-corrected chi connectivity index (χ0v) is 16.1. The third-order valence-electron chi connectivity index (χ3n) is 3.86. The van der Waals surface area contributed by atoms with Gasteiger partial charge in [-0.25, -0.2) is 9.78 Å². The van der Waals surface area contributed by atoms with Crippen molar-refractivity contribution < 1.29 is 19.7 Å². The van der Waals surface area contributed by atoms with Gasteiger partial charge < -0.3 is 20.3 Å². The lowest BCUT2D eigenvalue weighted by Gasteiger charge is -2.16. The topological polar surface area (TPSA) is 91.7 Å². The van der Waals surface area contributed by atoms with E-state index in [1.54, 1.807) is 23.5 Å². The van der Waals surface area contributed by atoms with Gasteiger partial charge in [-0.3, -0.25) is 0 Å². The van der Waals surface area contributed by atoms with Crippen LogP contribution in [0.2, 0.25) is 0 Å². The number of thiazole rings is 1. The van der Waals surface area contributed by atoms with Crippen LogP contribution in [0.15, 0.2) is 29.6 Å². The summed E-state index contributed by atoms with van der Waals surface area (Å²) < 4.78 is 5.12. The summed E-state index contributed by atoms with van der Waals surface area (Å²) >= 11 is 1.58. The van der Waals surface area contributed by atoms with Crippen LogP contribution < -0.4 is 10.1 Å². The van der Waals surface area contributed by atoms with Crippen molar-refractivity contribution in [3.63, 3.8) is 0 Å². The van der Waals surface area contributed by atoms with Gasteiger partial charge in [0.2, 0.25) is 0 Å². The molecule has 2 rings (SSSR count). The standard InChI is InChI=1S/C19H26N2O4S/c1-12(2)19-21-16(11-26-19)17(22)9-20-13(3)8-14-4-6-15(7-5-14)25-10-18(23)24/h4-7,11-13,17,20,22H,8-10H2,1-3H3,(H,23,24). The van der Waals surface area contributed by atoms with Gasteiger partial charge >= 0.3 is 5.97 Å². The number of ether oxygens (including phenoxy) is 1. The van der Waals surface area contributed by atoms with Crippen LogP contribution in [-0.4, -0.2) is 40.4 Å². The highest BCUT2D eigenvalue weighted by Gasteiger charge is 2.14. The van der Waals surface area contributed by atoms with Gasteiger partial charge in [0.1, 0.15) is 11.9 Å². The van der Waals surface area contributed by atoms with Crippen LogP contribution in [0.3, 0.4) is 0 Å². The van der Waals surface area contributed by atoms with E-state index in [-0.39, 0.29) is 12.6 Å². The largest absolute Gasteiger partial charge is 0.482 e. The van der Waals surface area contributed by atoms with Crippen LogP contribution in [0.1, 0.15) is 49.1 Å². The molecule has 2 unspecified atom stereocenters. The zero-order valence-electron chi connectivity index (χ0n) is 15.3. The SMILES string of the molecule is CC(Cc1ccc(OCC(=O)O)cc1)NCC(O)c1csc(C(C)C)n1. The molecule has 0 aliphatic rings. The number of aliphatic hydroxyl groups is 1. The van der Waals surface area contributed by atoms with E-state index in [0.29, 0.717) is 18.2 Å². The lowest BCUT2D eigenvalue weighted by Crippen LogP contribution is -2.32. The Morgan fingerprint density at radius 3 is 2.54 bits per heavy atom. The van der Waals surface area contributed by atoms with Crippen molar-refractivity contribution in [3.8, 4) is 5.75 Å². The highest BCUT2D eigenvalue weighted by molar-refractivity contribution is 7.09. The molecule has 1 heterocycles. The molecule has 2 atom stereocenters. The Morgan fingerprint density at radius 2 is 1.96 bits per heavy atom. The van der Waals surface area contributed by atoms with Crippen molar-refractivity contribution in [3.05, 3.63) is 45.9 Å².